The smallest absolute Gasteiger partial charge is 0.224 e. The molecule has 0 amide bonds. The molecule has 6 heteroatoms. The Morgan fingerprint density at radius 2 is 1.72 bits per heavy atom. The van der Waals surface area contributed by atoms with E-state index in [1.807, 2.05) is 0 Å². The molecular weight excluding hydrogens is 256 g/mol. The van der Waals surface area contributed by atoms with Gasteiger partial charge in [-0.15, -0.1) is 0 Å². The summed E-state index contributed by atoms with van der Waals surface area (Å²) in [5.74, 6) is 1.85. The van der Waals surface area contributed by atoms with Crippen LogP contribution in [0.5, 0.6) is 23.1 Å². The van der Waals surface area contributed by atoms with E-state index in [1.54, 1.807) is 32.4 Å². The second-order valence-electron chi connectivity index (χ2n) is 3.27. The Morgan fingerprint density at radius 3 is 2.28 bits per heavy atom. The molecule has 1 aromatic heterocycles. The van der Waals surface area contributed by atoms with Crippen molar-refractivity contribution in [2.45, 2.75) is 0 Å². The molecule has 94 valence electrons. The van der Waals surface area contributed by atoms with E-state index in [-0.39, 0.29) is 0 Å². The van der Waals surface area contributed by atoms with Gasteiger partial charge in [-0.2, -0.15) is 0 Å². The van der Waals surface area contributed by atoms with Crippen molar-refractivity contribution < 1.29 is 14.2 Å². The molecule has 0 aliphatic carbocycles. The molecule has 5 nitrogen and oxygen atoms in total. The summed E-state index contributed by atoms with van der Waals surface area (Å²) >= 11 is 5.76. The fourth-order valence-electron chi connectivity index (χ4n) is 1.40. The van der Waals surface area contributed by atoms with Gasteiger partial charge >= 0.3 is 0 Å². The molecule has 2 aromatic rings. The van der Waals surface area contributed by atoms with Gasteiger partial charge in [-0.25, -0.2) is 9.97 Å². The Kier molecular flexibility index (Phi) is 3.84. The first-order valence-corrected chi connectivity index (χ1v) is 5.48. The van der Waals surface area contributed by atoms with Crippen molar-refractivity contribution in [1.82, 2.24) is 9.97 Å². The predicted octanol–water partition coefficient (Wildman–Crippen LogP) is 2.94. The Morgan fingerprint density at radius 1 is 1.06 bits per heavy atom. The lowest BCUT2D eigenvalue weighted by Gasteiger charge is -2.12. The molecular formula is C12H11ClN2O3. The standard InChI is InChI=1S/C12H11ClN2O3/c1-16-8-4-3-5-9(17-2)12(8)18-11-6-10(13)14-7-15-11/h3-7H,1-2H3. The van der Waals surface area contributed by atoms with Crippen LogP contribution in [0.1, 0.15) is 0 Å². The molecule has 18 heavy (non-hydrogen) atoms. The molecule has 0 aliphatic rings. The van der Waals surface area contributed by atoms with Gasteiger partial charge in [0.15, 0.2) is 11.5 Å². The second kappa shape index (κ2) is 5.55. The summed E-state index contributed by atoms with van der Waals surface area (Å²) in [4.78, 5) is 7.74. The van der Waals surface area contributed by atoms with Crippen LogP contribution >= 0.6 is 11.6 Å². The third kappa shape index (κ3) is 2.62. The highest BCUT2D eigenvalue weighted by molar-refractivity contribution is 6.29. The Labute approximate surface area is 109 Å². The summed E-state index contributed by atoms with van der Waals surface area (Å²) in [6, 6.07) is 6.84. The van der Waals surface area contributed by atoms with Crippen LogP contribution in [0.15, 0.2) is 30.6 Å². The molecule has 0 unspecified atom stereocenters. The van der Waals surface area contributed by atoms with Crippen molar-refractivity contribution in [3.05, 3.63) is 35.7 Å². The van der Waals surface area contributed by atoms with Gasteiger partial charge in [-0.3, -0.25) is 0 Å². The van der Waals surface area contributed by atoms with Crippen LogP contribution in [0.2, 0.25) is 5.15 Å². The average Bonchev–Trinajstić information content (AvgIpc) is 2.39. The van der Waals surface area contributed by atoms with Crippen LogP contribution in [-0.4, -0.2) is 24.2 Å². The van der Waals surface area contributed by atoms with Crippen LogP contribution in [0.4, 0.5) is 0 Å². The van der Waals surface area contributed by atoms with Gasteiger partial charge in [0.05, 0.1) is 14.2 Å². The van der Waals surface area contributed by atoms with Crippen molar-refractivity contribution in [2.75, 3.05) is 14.2 Å². The monoisotopic (exact) mass is 266 g/mol. The van der Waals surface area contributed by atoms with Crippen molar-refractivity contribution in [3.8, 4) is 23.1 Å². The summed E-state index contributed by atoms with van der Waals surface area (Å²) in [5.41, 5.74) is 0. The third-order valence-electron chi connectivity index (χ3n) is 2.20. The highest BCUT2D eigenvalue weighted by Gasteiger charge is 2.13. The third-order valence-corrected chi connectivity index (χ3v) is 2.40. The summed E-state index contributed by atoms with van der Waals surface area (Å²) in [7, 11) is 3.10. The highest BCUT2D eigenvalue weighted by atomic mass is 35.5. The number of hydrogen-bond donors (Lipinski definition) is 0. The van der Waals surface area contributed by atoms with Crippen molar-refractivity contribution in [3.63, 3.8) is 0 Å². The van der Waals surface area contributed by atoms with E-state index < -0.39 is 0 Å². The Hall–Kier alpha value is -2.01. The summed E-state index contributed by atoms with van der Waals surface area (Å²) in [6.45, 7) is 0. The molecule has 0 saturated carbocycles. The fourth-order valence-corrected chi connectivity index (χ4v) is 1.53. The number of rotatable bonds is 4. The van der Waals surface area contributed by atoms with Crippen LogP contribution in [0.25, 0.3) is 0 Å². The maximum absolute atomic E-state index is 5.76. The molecule has 0 atom stereocenters. The minimum atomic E-state index is 0.300. The average molecular weight is 267 g/mol. The molecule has 0 N–H and O–H groups in total. The highest BCUT2D eigenvalue weighted by Crippen LogP contribution is 2.39. The quantitative estimate of drug-likeness (QED) is 0.797. The second-order valence-corrected chi connectivity index (χ2v) is 3.66. The van der Waals surface area contributed by atoms with Crippen LogP contribution in [-0.2, 0) is 0 Å². The summed E-state index contributed by atoms with van der Waals surface area (Å²) in [5, 5.41) is 0.300. The number of para-hydroxylation sites is 1. The first kappa shape index (κ1) is 12.4. The number of nitrogens with zero attached hydrogens (tertiary/aromatic N) is 2. The van der Waals surface area contributed by atoms with Gasteiger partial charge in [0, 0.05) is 6.07 Å². The van der Waals surface area contributed by atoms with Gasteiger partial charge in [0.2, 0.25) is 11.6 Å². The van der Waals surface area contributed by atoms with Crippen molar-refractivity contribution in [1.29, 1.82) is 0 Å². The fraction of sp³-hybridized carbons (Fsp3) is 0.167. The lowest BCUT2D eigenvalue weighted by molar-refractivity contribution is 0.341. The zero-order valence-corrected chi connectivity index (χ0v) is 10.6. The summed E-state index contributed by atoms with van der Waals surface area (Å²) < 4.78 is 16.0. The van der Waals surface area contributed by atoms with Crippen LogP contribution < -0.4 is 14.2 Å². The van der Waals surface area contributed by atoms with Crippen LogP contribution in [0.3, 0.4) is 0 Å². The molecule has 0 bridgehead atoms. The Balaban J connectivity index is 2.38. The molecule has 0 spiro atoms. The topological polar surface area (TPSA) is 53.5 Å². The number of hydrogen-bond acceptors (Lipinski definition) is 5. The first-order valence-electron chi connectivity index (χ1n) is 5.11. The van der Waals surface area contributed by atoms with E-state index in [0.717, 1.165) is 0 Å². The maximum Gasteiger partial charge on any atom is 0.224 e. The predicted molar refractivity (Wildman–Crippen MR) is 66.7 cm³/mol. The molecule has 0 fully saturated rings. The van der Waals surface area contributed by atoms with E-state index in [4.69, 9.17) is 25.8 Å². The molecule has 0 saturated heterocycles. The van der Waals surface area contributed by atoms with E-state index in [0.29, 0.717) is 28.3 Å². The molecule has 0 aliphatic heterocycles. The molecule has 1 aromatic carbocycles. The number of halogens is 1. The summed E-state index contributed by atoms with van der Waals surface area (Å²) in [6.07, 6.45) is 1.32. The Bertz CT molecular complexity index is 526. The van der Waals surface area contributed by atoms with Gasteiger partial charge in [-0.1, -0.05) is 17.7 Å². The van der Waals surface area contributed by atoms with E-state index >= 15 is 0 Å². The van der Waals surface area contributed by atoms with Crippen LogP contribution in [0, 0.1) is 0 Å². The molecule has 1 heterocycles. The molecule has 2 rings (SSSR count). The van der Waals surface area contributed by atoms with E-state index in [2.05, 4.69) is 9.97 Å². The largest absolute Gasteiger partial charge is 0.493 e. The zero-order chi connectivity index (χ0) is 13.0. The van der Waals surface area contributed by atoms with Crippen molar-refractivity contribution >= 4 is 11.6 Å². The zero-order valence-electron chi connectivity index (χ0n) is 9.88. The minimum absolute atomic E-state index is 0.300. The normalized spacial score (nSPS) is 9.94. The number of methoxy groups -OCH3 is 2. The van der Waals surface area contributed by atoms with Gasteiger partial charge in [0.1, 0.15) is 11.5 Å². The van der Waals surface area contributed by atoms with Gasteiger partial charge in [0.25, 0.3) is 0 Å². The number of ether oxygens (including phenoxy) is 3. The first-order chi connectivity index (χ1) is 8.74. The lowest BCUT2D eigenvalue weighted by Crippen LogP contribution is -1.95. The van der Waals surface area contributed by atoms with E-state index in [1.165, 1.54) is 12.4 Å². The SMILES string of the molecule is COc1cccc(OC)c1Oc1cc(Cl)ncn1. The van der Waals surface area contributed by atoms with Gasteiger partial charge < -0.3 is 14.2 Å². The van der Waals surface area contributed by atoms with Crippen molar-refractivity contribution in [2.24, 2.45) is 0 Å². The number of benzene rings is 1. The van der Waals surface area contributed by atoms with E-state index in [9.17, 15) is 0 Å². The lowest BCUT2D eigenvalue weighted by atomic mass is 10.3. The van der Waals surface area contributed by atoms with Gasteiger partial charge in [-0.05, 0) is 12.1 Å². The minimum Gasteiger partial charge on any atom is -0.493 e. The maximum atomic E-state index is 5.76. The molecule has 0 radical (unpaired) electrons. The number of aromatic nitrogens is 2.